The van der Waals surface area contributed by atoms with Crippen LogP contribution in [0.3, 0.4) is 0 Å². The molecule has 0 spiro atoms. The summed E-state index contributed by atoms with van der Waals surface area (Å²) < 4.78 is 5.32. The summed E-state index contributed by atoms with van der Waals surface area (Å²) >= 11 is 4.77. The number of ketones is 1. The van der Waals surface area contributed by atoms with Crippen LogP contribution in [0.15, 0.2) is 54.6 Å². The molecular weight excluding hydrogens is 332 g/mol. The van der Waals surface area contributed by atoms with Crippen LogP contribution < -0.4 is 0 Å². The van der Waals surface area contributed by atoms with Crippen molar-refractivity contribution in [3.8, 4) is 0 Å². The van der Waals surface area contributed by atoms with Gasteiger partial charge in [-0.25, -0.2) is 0 Å². The molecular formula is C21H22O3S. The second-order valence-electron chi connectivity index (χ2n) is 5.87. The first kappa shape index (κ1) is 19.0. The van der Waals surface area contributed by atoms with Crippen molar-refractivity contribution in [1.82, 2.24) is 0 Å². The molecule has 0 aliphatic carbocycles. The third-order valence-electron chi connectivity index (χ3n) is 4.00. The number of thiocarbonyl (C=S) groups is 1. The SMILES string of the molecule is C[C@@H](C(=O)OCCCCC=S)c1cccc(C(=O)c2ccccc2)c1. The Morgan fingerprint density at radius 3 is 2.48 bits per heavy atom. The first-order chi connectivity index (χ1) is 12.1. The van der Waals surface area contributed by atoms with E-state index in [2.05, 4.69) is 0 Å². The van der Waals surface area contributed by atoms with Crippen LogP contribution in [-0.2, 0) is 9.53 Å². The molecule has 2 aromatic rings. The maximum absolute atomic E-state index is 12.5. The molecule has 25 heavy (non-hydrogen) atoms. The van der Waals surface area contributed by atoms with Crippen molar-refractivity contribution >= 4 is 29.3 Å². The second-order valence-corrected chi connectivity index (χ2v) is 6.21. The van der Waals surface area contributed by atoms with Crippen LogP contribution in [0.1, 0.15) is 53.6 Å². The molecule has 0 bridgehead atoms. The molecule has 130 valence electrons. The zero-order chi connectivity index (χ0) is 18.1. The summed E-state index contributed by atoms with van der Waals surface area (Å²) in [5.74, 6) is -0.733. The Bertz CT molecular complexity index is 725. The van der Waals surface area contributed by atoms with Crippen molar-refractivity contribution in [2.75, 3.05) is 6.61 Å². The highest BCUT2D eigenvalue weighted by molar-refractivity contribution is 7.78. The van der Waals surface area contributed by atoms with Gasteiger partial charge >= 0.3 is 5.97 Å². The van der Waals surface area contributed by atoms with Crippen molar-refractivity contribution in [2.24, 2.45) is 0 Å². The lowest BCUT2D eigenvalue weighted by Gasteiger charge is -2.13. The summed E-state index contributed by atoms with van der Waals surface area (Å²) in [5.41, 5.74) is 1.99. The molecule has 0 radical (unpaired) electrons. The van der Waals surface area contributed by atoms with Crippen molar-refractivity contribution < 1.29 is 14.3 Å². The van der Waals surface area contributed by atoms with Crippen LogP contribution >= 0.6 is 12.2 Å². The van der Waals surface area contributed by atoms with Crippen LogP contribution in [0, 0.1) is 0 Å². The molecule has 0 amide bonds. The van der Waals surface area contributed by atoms with Gasteiger partial charge in [0.25, 0.3) is 0 Å². The van der Waals surface area contributed by atoms with E-state index in [1.54, 1.807) is 42.6 Å². The highest BCUT2D eigenvalue weighted by atomic mass is 32.1. The Balaban J connectivity index is 2.01. The van der Waals surface area contributed by atoms with Gasteiger partial charge in [0.2, 0.25) is 0 Å². The Labute approximate surface area is 154 Å². The number of carbonyl (C=O) groups excluding carboxylic acids is 2. The lowest BCUT2D eigenvalue weighted by atomic mass is 9.96. The minimum absolute atomic E-state index is 0.0526. The number of benzene rings is 2. The van der Waals surface area contributed by atoms with Gasteiger partial charge in [-0.05, 0) is 43.2 Å². The summed E-state index contributed by atoms with van der Waals surface area (Å²) in [6.07, 6.45) is 2.58. The molecule has 0 aliphatic rings. The summed E-state index contributed by atoms with van der Waals surface area (Å²) in [5, 5.41) is 1.69. The normalized spacial score (nSPS) is 11.6. The van der Waals surface area contributed by atoms with Gasteiger partial charge < -0.3 is 4.74 Å². The molecule has 2 aromatic carbocycles. The first-order valence-corrected chi connectivity index (χ1v) is 8.90. The molecule has 0 saturated carbocycles. The minimum Gasteiger partial charge on any atom is -0.465 e. The quantitative estimate of drug-likeness (QED) is 0.282. The summed E-state index contributed by atoms with van der Waals surface area (Å²) in [7, 11) is 0. The minimum atomic E-state index is -0.408. The highest BCUT2D eigenvalue weighted by Crippen LogP contribution is 2.20. The Morgan fingerprint density at radius 2 is 1.76 bits per heavy atom. The lowest BCUT2D eigenvalue weighted by molar-refractivity contribution is -0.145. The predicted octanol–water partition coefficient (Wildman–Crippen LogP) is 4.73. The van der Waals surface area contributed by atoms with Gasteiger partial charge in [-0.15, -0.1) is 0 Å². The van der Waals surface area contributed by atoms with E-state index in [0.29, 0.717) is 17.7 Å². The molecule has 4 heteroatoms. The van der Waals surface area contributed by atoms with Gasteiger partial charge in [0.15, 0.2) is 5.78 Å². The van der Waals surface area contributed by atoms with Gasteiger partial charge in [-0.2, -0.15) is 0 Å². The molecule has 0 aliphatic heterocycles. The van der Waals surface area contributed by atoms with E-state index < -0.39 is 5.92 Å². The van der Waals surface area contributed by atoms with E-state index in [1.165, 1.54) is 0 Å². The van der Waals surface area contributed by atoms with E-state index in [9.17, 15) is 9.59 Å². The Kier molecular flexibility index (Phi) is 7.48. The van der Waals surface area contributed by atoms with Gasteiger partial charge in [-0.1, -0.05) is 60.7 Å². The lowest BCUT2D eigenvalue weighted by Crippen LogP contribution is -2.14. The fraction of sp³-hybridized carbons (Fsp3) is 0.286. The van der Waals surface area contributed by atoms with Crippen LogP contribution in [-0.4, -0.2) is 23.7 Å². The number of hydrogen-bond donors (Lipinski definition) is 0. The molecule has 2 rings (SSSR count). The van der Waals surface area contributed by atoms with Crippen molar-refractivity contribution in [3.63, 3.8) is 0 Å². The highest BCUT2D eigenvalue weighted by Gasteiger charge is 2.18. The van der Waals surface area contributed by atoms with E-state index in [4.69, 9.17) is 17.0 Å². The Hall–Kier alpha value is -2.33. The average molecular weight is 354 g/mol. The van der Waals surface area contributed by atoms with Crippen LogP contribution in [0.4, 0.5) is 0 Å². The number of carbonyl (C=O) groups is 2. The number of esters is 1. The predicted molar refractivity (Wildman–Crippen MR) is 103 cm³/mol. The summed E-state index contributed by atoms with van der Waals surface area (Å²) in [6.45, 7) is 2.19. The standard InChI is InChI=1S/C21H22O3S/c1-16(21(23)24-13-6-3-7-14-25)18-11-8-12-19(15-18)20(22)17-9-4-2-5-10-17/h2,4-5,8-12,14-16H,3,6-7,13H2,1H3/t16-/m1/s1. The second kappa shape index (κ2) is 9.84. The zero-order valence-corrected chi connectivity index (χ0v) is 15.1. The molecule has 0 saturated heterocycles. The van der Waals surface area contributed by atoms with Crippen LogP contribution in [0.5, 0.6) is 0 Å². The maximum Gasteiger partial charge on any atom is 0.313 e. The van der Waals surface area contributed by atoms with E-state index in [-0.39, 0.29) is 11.8 Å². The number of unbranched alkanes of at least 4 members (excludes halogenated alkanes) is 2. The number of rotatable bonds is 9. The van der Waals surface area contributed by atoms with Crippen LogP contribution in [0.2, 0.25) is 0 Å². The molecule has 0 heterocycles. The zero-order valence-electron chi connectivity index (χ0n) is 14.3. The number of hydrogen-bond acceptors (Lipinski definition) is 4. The molecule has 0 aromatic heterocycles. The van der Waals surface area contributed by atoms with Gasteiger partial charge in [-0.3, -0.25) is 9.59 Å². The topological polar surface area (TPSA) is 43.4 Å². The maximum atomic E-state index is 12.5. The Morgan fingerprint density at radius 1 is 1.04 bits per heavy atom. The summed E-state index contributed by atoms with van der Waals surface area (Å²) in [6, 6.07) is 16.3. The first-order valence-electron chi connectivity index (χ1n) is 8.43. The van der Waals surface area contributed by atoms with E-state index in [0.717, 1.165) is 24.8 Å². The van der Waals surface area contributed by atoms with Gasteiger partial charge in [0.05, 0.1) is 12.5 Å². The van der Waals surface area contributed by atoms with Gasteiger partial charge in [0, 0.05) is 11.1 Å². The van der Waals surface area contributed by atoms with Crippen molar-refractivity contribution in [2.45, 2.75) is 32.1 Å². The largest absolute Gasteiger partial charge is 0.465 e. The number of ether oxygens (including phenoxy) is 1. The van der Waals surface area contributed by atoms with E-state index in [1.807, 2.05) is 24.3 Å². The molecule has 0 N–H and O–H groups in total. The molecule has 1 atom stereocenters. The molecule has 0 unspecified atom stereocenters. The summed E-state index contributed by atoms with van der Waals surface area (Å²) in [4.78, 5) is 24.7. The van der Waals surface area contributed by atoms with E-state index >= 15 is 0 Å². The van der Waals surface area contributed by atoms with Crippen molar-refractivity contribution in [3.05, 3.63) is 71.3 Å². The molecule has 3 nitrogen and oxygen atoms in total. The monoisotopic (exact) mass is 354 g/mol. The van der Waals surface area contributed by atoms with Gasteiger partial charge in [0.1, 0.15) is 0 Å². The smallest absolute Gasteiger partial charge is 0.313 e. The van der Waals surface area contributed by atoms with Crippen LogP contribution in [0.25, 0.3) is 0 Å². The van der Waals surface area contributed by atoms with Crippen molar-refractivity contribution in [1.29, 1.82) is 0 Å². The molecule has 0 fully saturated rings. The third kappa shape index (κ3) is 5.61. The third-order valence-corrected chi connectivity index (χ3v) is 4.23. The average Bonchev–Trinajstić information content (AvgIpc) is 2.67. The fourth-order valence-electron chi connectivity index (χ4n) is 2.47. The fourth-order valence-corrected chi connectivity index (χ4v) is 2.64.